The largest absolute Gasteiger partial charge is 0.489 e. The molecule has 0 unspecified atom stereocenters. The Morgan fingerprint density at radius 1 is 1.12 bits per heavy atom. The summed E-state index contributed by atoms with van der Waals surface area (Å²) in [4.78, 5) is 21.2. The average Bonchev–Trinajstić information content (AvgIpc) is 3.15. The Kier molecular flexibility index (Phi) is 6.70. The van der Waals surface area contributed by atoms with Crippen molar-refractivity contribution in [2.24, 2.45) is 0 Å². The summed E-state index contributed by atoms with van der Waals surface area (Å²) in [5.74, 6) is 1.71. The van der Waals surface area contributed by atoms with Crippen LogP contribution in [-0.4, -0.2) is 32.8 Å². The van der Waals surface area contributed by atoms with Gasteiger partial charge in [0.1, 0.15) is 29.3 Å². The number of ether oxygens (including phenoxy) is 2. The maximum atomic E-state index is 12.0. The fraction of sp³-hybridized carbons (Fsp3) is 0.320. The molecule has 0 atom stereocenters. The number of alkyl halides is 1. The maximum absolute atomic E-state index is 12.0. The standard InChI is InChI=1S/C25H27ClN4O3/c1-25(2,3)33-24(31)27-11-12-30-22(14-26)29-21-15-28-20-13-18(9-10-19(20)23(21)30)32-16-17-7-5-4-6-8-17/h4-10,13,15H,11-12,14,16H2,1-3H3,(H,27,31). The van der Waals surface area contributed by atoms with Gasteiger partial charge in [-0.05, 0) is 38.5 Å². The van der Waals surface area contributed by atoms with Gasteiger partial charge in [0.15, 0.2) is 0 Å². The van der Waals surface area contributed by atoms with Crippen molar-refractivity contribution >= 4 is 39.6 Å². The number of aromatic nitrogens is 3. The third-order valence-electron chi connectivity index (χ3n) is 5.00. The third kappa shape index (κ3) is 5.54. The van der Waals surface area contributed by atoms with Gasteiger partial charge in [0.2, 0.25) is 0 Å². The van der Waals surface area contributed by atoms with Crippen molar-refractivity contribution in [1.29, 1.82) is 0 Å². The third-order valence-corrected chi connectivity index (χ3v) is 5.23. The molecule has 1 N–H and O–H groups in total. The van der Waals surface area contributed by atoms with Gasteiger partial charge in [-0.3, -0.25) is 4.98 Å². The first-order chi connectivity index (χ1) is 15.8. The lowest BCUT2D eigenvalue weighted by atomic mass is 10.2. The summed E-state index contributed by atoms with van der Waals surface area (Å²) in [6.07, 6.45) is 1.29. The first-order valence-electron chi connectivity index (χ1n) is 10.8. The number of carbonyl (C=O) groups excluding carboxylic acids is 1. The smallest absolute Gasteiger partial charge is 0.407 e. The highest BCUT2D eigenvalue weighted by atomic mass is 35.5. The van der Waals surface area contributed by atoms with Crippen LogP contribution in [0.5, 0.6) is 5.75 Å². The lowest BCUT2D eigenvalue weighted by Crippen LogP contribution is -2.34. The van der Waals surface area contributed by atoms with Gasteiger partial charge in [-0.1, -0.05) is 30.3 Å². The van der Waals surface area contributed by atoms with Gasteiger partial charge in [-0.15, -0.1) is 11.6 Å². The molecule has 7 nitrogen and oxygen atoms in total. The molecule has 4 rings (SSSR count). The summed E-state index contributed by atoms with van der Waals surface area (Å²) < 4.78 is 13.3. The van der Waals surface area contributed by atoms with Gasteiger partial charge < -0.3 is 19.4 Å². The summed E-state index contributed by atoms with van der Waals surface area (Å²) in [7, 11) is 0. The first kappa shape index (κ1) is 22.9. The van der Waals surface area contributed by atoms with Crippen LogP contribution in [0.25, 0.3) is 21.9 Å². The predicted molar refractivity (Wildman–Crippen MR) is 130 cm³/mol. The van der Waals surface area contributed by atoms with E-state index in [1.807, 2.05) is 73.9 Å². The van der Waals surface area contributed by atoms with Gasteiger partial charge in [0.05, 0.1) is 23.1 Å². The summed E-state index contributed by atoms with van der Waals surface area (Å²) in [6, 6.07) is 15.9. The highest BCUT2D eigenvalue weighted by Gasteiger charge is 2.17. The minimum absolute atomic E-state index is 0.251. The number of hydrogen-bond donors (Lipinski definition) is 1. The fourth-order valence-corrected chi connectivity index (χ4v) is 3.80. The molecule has 2 heterocycles. The molecule has 8 heteroatoms. The number of benzene rings is 2. The van der Waals surface area contributed by atoms with Crippen LogP contribution < -0.4 is 10.1 Å². The summed E-state index contributed by atoms with van der Waals surface area (Å²) in [5.41, 5.74) is 3.04. The van der Waals surface area contributed by atoms with E-state index >= 15 is 0 Å². The number of pyridine rings is 1. The van der Waals surface area contributed by atoms with Gasteiger partial charge in [-0.2, -0.15) is 0 Å². The van der Waals surface area contributed by atoms with E-state index in [2.05, 4.69) is 15.3 Å². The number of hydrogen-bond acceptors (Lipinski definition) is 5. The van der Waals surface area contributed by atoms with Crippen molar-refractivity contribution in [3.63, 3.8) is 0 Å². The second-order valence-electron chi connectivity index (χ2n) is 8.69. The van der Waals surface area contributed by atoms with E-state index in [4.69, 9.17) is 21.1 Å². The van der Waals surface area contributed by atoms with Crippen molar-refractivity contribution in [3.05, 3.63) is 66.1 Å². The van der Waals surface area contributed by atoms with Crippen LogP contribution >= 0.6 is 11.6 Å². The molecule has 4 aromatic rings. The Balaban J connectivity index is 1.57. The van der Waals surface area contributed by atoms with E-state index in [9.17, 15) is 4.79 Å². The average molecular weight is 467 g/mol. The fourth-order valence-electron chi connectivity index (χ4n) is 3.60. The van der Waals surface area contributed by atoms with E-state index in [-0.39, 0.29) is 5.88 Å². The molecule has 0 saturated carbocycles. The minimum Gasteiger partial charge on any atom is -0.489 e. The van der Waals surface area contributed by atoms with Crippen LogP contribution in [0.3, 0.4) is 0 Å². The number of rotatable bonds is 7. The number of alkyl carbamates (subject to hydrolysis) is 1. The molecule has 2 aromatic carbocycles. The zero-order chi connectivity index (χ0) is 23.4. The number of fused-ring (bicyclic) bond motifs is 3. The van der Waals surface area contributed by atoms with E-state index in [1.165, 1.54) is 0 Å². The van der Waals surface area contributed by atoms with Crippen LogP contribution in [-0.2, 0) is 23.8 Å². The van der Waals surface area contributed by atoms with E-state index in [0.29, 0.717) is 19.7 Å². The van der Waals surface area contributed by atoms with E-state index in [0.717, 1.165) is 39.1 Å². The van der Waals surface area contributed by atoms with E-state index < -0.39 is 11.7 Å². The van der Waals surface area contributed by atoms with Gasteiger partial charge >= 0.3 is 6.09 Å². The Morgan fingerprint density at radius 3 is 2.64 bits per heavy atom. The van der Waals surface area contributed by atoms with Crippen molar-refractivity contribution in [3.8, 4) is 5.75 Å². The maximum Gasteiger partial charge on any atom is 0.407 e. The SMILES string of the molecule is CC(C)(C)OC(=O)NCCn1c(CCl)nc2cnc3cc(OCc4ccccc4)ccc3c21. The number of amides is 1. The molecule has 0 fully saturated rings. The molecule has 1 amide bonds. The second kappa shape index (κ2) is 9.67. The molecular formula is C25H27ClN4O3. The second-order valence-corrected chi connectivity index (χ2v) is 8.95. The van der Waals surface area contributed by atoms with Crippen LogP contribution in [0.1, 0.15) is 32.2 Å². The summed E-state index contributed by atoms with van der Waals surface area (Å²) in [6.45, 7) is 6.87. The Bertz CT molecular complexity index is 1270. The number of carbonyl (C=O) groups is 1. The highest BCUT2D eigenvalue weighted by molar-refractivity contribution is 6.17. The normalized spacial score (nSPS) is 11.6. The van der Waals surface area contributed by atoms with Gasteiger partial charge in [0, 0.05) is 24.5 Å². The van der Waals surface area contributed by atoms with Gasteiger partial charge in [0.25, 0.3) is 0 Å². The zero-order valence-electron chi connectivity index (χ0n) is 19.0. The number of nitrogens with zero attached hydrogens (tertiary/aromatic N) is 3. The molecule has 2 aromatic heterocycles. The lowest BCUT2D eigenvalue weighted by molar-refractivity contribution is 0.0526. The van der Waals surface area contributed by atoms with Crippen LogP contribution in [0.4, 0.5) is 4.79 Å². The first-order valence-corrected chi connectivity index (χ1v) is 11.3. The Hall–Kier alpha value is -3.32. The molecule has 0 spiro atoms. The predicted octanol–water partition coefficient (Wildman–Crippen LogP) is 5.43. The monoisotopic (exact) mass is 466 g/mol. The molecule has 0 bridgehead atoms. The summed E-state index contributed by atoms with van der Waals surface area (Å²) in [5, 5.41) is 3.74. The minimum atomic E-state index is -0.546. The molecule has 0 aliphatic heterocycles. The number of imidazole rings is 1. The number of nitrogens with one attached hydrogen (secondary N) is 1. The van der Waals surface area contributed by atoms with Crippen molar-refractivity contribution in [2.75, 3.05) is 6.54 Å². The Labute approximate surface area is 197 Å². The van der Waals surface area contributed by atoms with E-state index in [1.54, 1.807) is 6.20 Å². The molecule has 0 aliphatic rings. The van der Waals surface area contributed by atoms with Crippen molar-refractivity contribution in [1.82, 2.24) is 19.9 Å². The Morgan fingerprint density at radius 2 is 1.91 bits per heavy atom. The number of halogens is 1. The van der Waals surface area contributed by atoms with Crippen molar-refractivity contribution in [2.45, 2.75) is 45.4 Å². The molecule has 172 valence electrons. The summed E-state index contributed by atoms with van der Waals surface area (Å²) >= 11 is 6.17. The van der Waals surface area contributed by atoms with Crippen LogP contribution in [0.15, 0.2) is 54.7 Å². The molecule has 0 radical (unpaired) electrons. The zero-order valence-corrected chi connectivity index (χ0v) is 19.7. The van der Waals surface area contributed by atoms with Crippen LogP contribution in [0, 0.1) is 0 Å². The molecule has 0 aliphatic carbocycles. The quantitative estimate of drug-likeness (QED) is 0.367. The lowest BCUT2D eigenvalue weighted by Gasteiger charge is -2.20. The highest BCUT2D eigenvalue weighted by Crippen LogP contribution is 2.28. The van der Waals surface area contributed by atoms with Crippen LogP contribution in [0.2, 0.25) is 0 Å². The van der Waals surface area contributed by atoms with Gasteiger partial charge in [-0.25, -0.2) is 9.78 Å². The molecule has 33 heavy (non-hydrogen) atoms. The topological polar surface area (TPSA) is 78.3 Å². The van der Waals surface area contributed by atoms with Crippen molar-refractivity contribution < 1.29 is 14.3 Å². The molecule has 0 saturated heterocycles. The molecular weight excluding hydrogens is 440 g/mol.